The molecule has 0 radical (unpaired) electrons. The fraction of sp³-hybridized carbons (Fsp3) is 0.381. The second-order valence-corrected chi connectivity index (χ2v) is 8.15. The van der Waals surface area contributed by atoms with Crippen LogP contribution in [-0.4, -0.2) is 54.1 Å². The fourth-order valence-electron chi connectivity index (χ4n) is 3.46. The number of hydrogen-bond donors (Lipinski definition) is 0. The predicted octanol–water partition coefficient (Wildman–Crippen LogP) is 3.42. The van der Waals surface area contributed by atoms with Gasteiger partial charge in [0.15, 0.2) is 5.82 Å². The van der Waals surface area contributed by atoms with Gasteiger partial charge in [-0.05, 0) is 31.5 Å². The zero-order chi connectivity index (χ0) is 19.7. The number of rotatable bonds is 4. The lowest BCUT2D eigenvalue weighted by Gasteiger charge is -2.28. The van der Waals surface area contributed by atoms with Crippen LogP contribution in [0.2, 0.25) is 0 Å². The molecule has 3 aromatic rings. The van der Waals surface area contributed by atoms with Crippen molar-refractivity contribution in [3.63, 3.8) is 0 Å². The Morgan fingerprint density at radius 2 is 1.89 bits per heavy atom. The number of anilines is 1. The molecule has 1 saturated heterocycles. The van der Waals surface area contributed by atoms with E-state index in [1.807, 2.05) is 44.3 Å². The molecule has 0 bridgehead atoms. The number of nitrogens with zero attached hydrogens (tertiary/aromatic N) is 4. The first-order chi connectivity index (χ1) is 13.5. The van der Waals surface area contributed by atoms with Crippen LogP contribution in [0.15, 0.2) is 30.3 Å². The lowest BCUT2D eigenvalue weighted by molar-refractivity contribution is 0.0786. The Bertz CT molecular complexity index is 997. The number of morpholine rings is 1. The van der Waals surface area contributed by atoms with Gasteiger partial charge >= 0.3 is 0 Å². The Kier molecular flexibility index (Phi) is 5.28. The molecule has 7 heteroatoms. The van der Waals surface area contributed by atoms with E-state index in [1.54, 1.807) is 16.2 Å². The number of benzene rings is 1. The summed E-state index contributed by atoms with van der Waals surface area (Å²) in [6.45, 7) is 7.69. The summed E-state index contributed by atoms with van der Waals surface area (Å²) in [6, 6.07) is 9.39. The van der Waals surface area contributed by atoms with Crippen LogP contribution in [-0.2, 0) is 11.3 Å². The normalized spacial score (nSPS) is 14.5. The zero-order valence-corrected chi connectivity index (χ0v) is 17.3. The first-order valence-corrected chi connectivity index (χ1v) is 10.3. The monoisotopic (exact) mass is 396 g/mol. The van der Waals surface area contributed by atoms with E-state index in [9.17, 15) is 4.79 Å². The molecule has 1 aromatic carbocycles. The molecular formula is C21H24N4O2S. The van der Waals surface area contributed by atoms with Crippen molar-refractivity contribution in [3.8, 4) is 0 Å². The van der Waals surface area contributed by atoms with Gasteiger partial charge in [0.25, 0.3) is 5.91 Å². The van der Waals surface area contributed by atoms with Crippen LogP contribution in [0.3, 0.4) is 0 Å². The Balaban J connectivity index is 1.66. The molecule has 0 saturated carbocycles. The van der Waals surface area contributed by atoms with Crippen molar-refractivity contribution < 1.29 is 9.53 Å². The van der Waals surface area contributed by atoms with Gasteiger partial charge in [-0.2, -0.15) is 0 Å². The third-order valence-corrected chi connectivity index (χ3v) is 6.28. The fourth-order valence-corrected chi connectivity index (χ4v) is 4.77. The van der Waals surface area contributed by atoms with Crippen molar-refractivity contribution in [2.45, 2.75) is 20.4 Å². The molecule has 0 aliphatic carbocycles. The highest BCUT2D eigenvalue weighted by Gasteiger charge is 2.22. The summed E-state index contributed by atoms with van der Waals surface area (Å²) in [7, 11) is 1.85. The number of carbonyl (C=O) groups is 1. The minimum atomic E-state index is 0.0214. The average molecular weight is 397 g/mol. The van der Waals surface area contributed by atoms with E-state index in [4.69, 9.17) is 14.7 Å². The Morgan fingerprint density at radius 1 is 1.18 bits per heavy atom. The maximum absolute atomic E-state index is 12.7. The van der Waals surface area contributed by atoms with E-state index < -0.39 is 0 Å². The van der Waals surface area contributed by atoms with Crippen LogP contribution in [0.1, 0.15) is 26.6 Å². The first kappa shape index (κ1) is 18.8. The minimum absolute atomic E-state index is 0.0214. The SMILES string of the molecule is Cc1nc(N2CCOCC2)c2sc(CN(C)C(=O)c3ccccc3)c(C)c2n1. The first-order valence-electron chi connectivity index (χ1n) is 9.44. The molecule has 28 heavy (non-hydrogen) atoms. The summed E-state index contributed by atoms with van der Waals surface area (Å²) in [5, 5.41) is 0. The molecule has 0 unspecified atom stereocenters. The predicted molar refractivity (Wildman–Crippen MR) is 112 cm³/mol. The molecule has 1 aliphatic rings. The molecule has 1 fully saturated rings. The van der Waals surface area contributed by atoms with Crippen molar-refractivity contribution in [3.05, 3.63) is 52.2 Å². The molecule has 1 amide bonds. The molecule has 3 heterocycles. The van der Waals surface area contributed by atoms with Crippen molar-refractivity contribution in [1.82, 2.24) is 14.9 Å². The summed E-state index contributed by atoms with van der Waals surface area (Å²) < 4.78 is 6.59. The summed E-state index contributed by atoms with van der Waals surface area (Å²) in [4.78, 5) is 27.3. The minimum Gasteiger partial charge on any atom is -0.378 e. The summed E-state index contributed by atoms with van der Waals surface area (Å²) in [5.74, 6) is 1.78. The summed E-state index contributed by atoms with van der Waals surface area (Å²) >= 11 is 1.69. The Labute approximate surface area is 168 Å². The van der Waals surface area contributed by atoms with Crippen molar-refractivity contribution >= 4 is 33.3 Å². The van der Waals surface area contributed by atoms with Crippen LogP contribution >= 0.6 is 11.3 Å². The van der Waals surface area contributed by atoms with Crippen molar-refractivity contribution in [1.29, 1.82) is 0 Å². The molecule has 2 aromatic heterocycles. The van der Waals surface area contributed by atoms with E-state index >= 15 is 0 Å². The van der Waals surface area contributed by atoms with Crippen molar-refractivity contribution in [2.75, 3.05) is 38.3 Å². The van der Waals surface area contributed by atoms with Crippen LogP contribution in [0, 0.1) is 13.8 Å². The molecule has 1 aliphatic heterocycles. The van der Waals surface area contributed by atoms with Gasteiger partial charge in [0.2, 0.25) is 0 Å². The number of ether oxygens (including phenoxy) is 1. The quantitative estimate of drug-likeness (QED) is 0.676. The molecular weight excluding hydrogens is 372 g/mol. The zero-order valence-electron chi connectivity index (χ0n) is 16.4. The van der Waals surface area contributed by atoms with Gasteiger partial charge in [0, 0.05) is 30.6 Å². The second-order valence-electron chi connectivity index (χ2n) is 7.05. The van der Waals surface area contributed by atoms with Gasteiger partial charge in [0.05, 0.1) is 30.0 Å². The molecule has 6 nitrogen and oxygen atoms in total. The molecule has 0 spiro atoms. The topological polar surface area (TPSA) is 58.6 Å². The van der Waals surface area contributed by atoms with E-state index in [0.717, 1.165) is 58.6 Å². The number of aromatic nitrogens is 2. The molecule has 0 atom stereocenters. The largest absolute Gasteiger partial charge is 0.378 e. The van der Waals surface area contributed by atoms with Gasteiger partial charge in [0.1, 0.15) is 5.82 Å². The Morgan fingerprint density at radius 3 is 2.61 bits per heavy atom. The smallest absolute Gasteiger partial charge is 0.253 e. The summed E-state index contributed by atoms with van der Waals surface area (Å²) in [5.41, 5.74) is 2.83. The molecule has 0 N–H and O–H groups in total. The van der Waals surface area contributed by atoms with E-state index in [1.165, 1.54) is 0 Å². The Hall–Kier alpha value is -2.51. The number of thiophene rings is 1. The van der Waals surface area contributed by atoms with E-state index in [0.29, 0.717) is 12.1 Å². The van der Waals surface area contributed by atoms with E-state index in [2.05, 4.69) is 11.8 Å². The maximum atomic E-state index is 12.7. The lowest BCUT2D eigenvalue weighted by atomic mass is 10.2. The van der Waals surface area contributed by atoms with Crippen LogP contribution < -0.4 is 4.90 Å². The third kappa shape index (κ3) is 3.59. The average Bonchev–Trinajstić information content (AvgIpc) is 3.03. The number of carbonyl (C=O) groups excluding carboxylic acids is 1. The molecule has 146 valence electrons. The van der Waals surface area contributed by atoms with Crippen LogP contribution in [0.4, 0.5) is 5.82 Å². The molecule has 4 rings (SSSR count). The lowest BCUT2D eigenvalue weighted by Crippen LogP contribution is -2.37. The van der Waals surface area contributed by atoms with Crippen LogP contribution in [0.25, 0.3) is 10.2 Å². The number of hydrogen-bond acceptors (Lipinski definition) is 6. The van der Waals surface area contributed by atoms with Crippen LogP contribution in [0.5, 0.6) is 0 Å². The third-order valence-electron chi connectivity index (χ3n) is 5.02. The second kappa shape index (κ2) is 7.85. The van der Waals surface area contributed by atoms with Gasteiger partial charge in [-0.15, -0.1) is 11.3 Å². The number of aryl methyl sites for hydroxylation is 2. The van der Waals surface area contributed by atoms with Crippen molar-refractivity contribution in [2.24, 2.45) is 0 Å². The highest BCUT2D eigenvalue weighted by Crippen LogP contribution is 2.36. The van der Waals surface area contributed by atoms with Gasteiger partial charge < -0.3 is 14.5 Å². The van der Waals surface area contributed by atoms with Gasteiger partial charge in [-0.3, -0.25) is 4.79 Å². The highest BCUT2D eigenvalue weighted by atomic mass is 32.1. The van der Waals surface area contributed by atoms with Gasteiger partial charge in [-0.25, -0.2) is 9.97 Å². The number of amides is 1. The standard InChI is InChI=1S/C21H24N4O2S/c1-14-17(13-24(3)21(26)16-7-5-4-6-8-16)28-19-18(14)22-15(2)23-20(19)25-9-11-27-12-10-25/h4-8H,9-13H2,1-3H3. The highest BCUT2D eigenvalue weighted by molar-refractivity contribution is 7.19. The maximum Gasteiger partial charge on any atom is 0.253 e. The van der Waals surface area contributed by atoms with Gasteiger partial charge in [-0.1, -0.05) is 18.2 Å². The summed E-state index contributed by atoms with van der Waals surface area (Å²) in [6.07, 6.45) is 0. The number of fused-ring (bicyclic) bond motifs is 1. The van der Waals surface area contributed by atoms with E-state index in [-0.39, 0.29) is 5.91 Å².